The van der Waals surface area contributed by atoms with E-state index in [4.69, 9.17) is 0 Å². The van der Waals surface area contributed by atoms with Gasteiger partial charge in [-0.05, 0) is 44.9 Å². The molecule has 1 saturated heterocycles. The van der Waals surface area contributed by atoms with Gasteiger partial charge >= 0.3 is 0 Å². The Morgan fingerprint density at radius 3 is 2.71 bits per heavy atom. The predicted molar refractivity (Wildman–Crippen MR) is 104 cm³/mol. The molecule has 1 amide bonds. The number of piperidine rings is 1. The Morgan fingerprint density at radius 2 is 2.04 bits per heavy atom. The summed E-state index contributed by atoms with van der Waals surface area (Å²) in [7, 11) is -3.33. The molecule has 1 saturated carbocycles. The van der Waals surface area contributed by atoms with Crippen LogP contribution in [0.5, 0.6) is 0 Å². The molecule has 2 aliphatic heterocycles. The number of rotatable bonds is 4. The molecule has 1 aliphatic carbocycles. The van der Waals surface area contributed by atoms with E-state index in [0.29, 0.717) is 42.5 Å². The molecule has 0 aromatic carbocycles. The van der Waals surface area contributed by atoms with Gasteiger partial charge in [-0.15, -0.1) is 0 Å². The van der Waals surface area contributed by atoms with E-state index in [1.54, 1.807) is 6.92 Å². The second kappa shape index (κ2) is 7.26. The van der Waals surface area contributed by atoms with Gasteiger partial charge in [-0.3, -0.25) is 9.59 Å². The second-order valence-corrected chi connectivity index (χ2v) is 10.5. The van der Waals surface area contributed by atoms with Gasteiger partial charge in [0.25, 0.3) is 5.56 Å². The van der Waals surface area contributed by atoms with Gasteiger partial charge < -0.3 is 9.88 Å². The normalized spacial score (nSPS) is 28.1. The highest BCUT2D eigenvalue weighted by Gasteiger charge is 2.44. The van der Waals surface area contributed by atoms with Crippen molar-refractivity contribution in [2.24, 2.45) is 11.8 Å². The average Bonchev–Trinajstić information content (AvgIpc) is 3.43. The number of aromatic nitrogens is 2. The molecule has 0 unspecified atom stereocenters. The van der Waals surface area contributed by atoms with Gasteiger partial charge in [-0.2, -0.15) is 4.31 Å². The Bertz CT molecular complexity index is 942. The minimum atomic E-state index is -3.33. The highest BCUT2D eigenvalue weighted by atomic mass is 32.2. The lowest BCUT2D eigenvalue weighted by Gasteiger charge is -2.36. The highest BCUT2D eigenvalue weighted by molar-refractivity contribution is 7.89. The number of hydrogen-bond acceptors (Lipinski definition) is 5. The Balaban J connectivity index is 1.65. The van der Waals surface area contributed by atoms with Crippen molar-refractivity contribution in [2.75, 3.05) is 18.8 Å². The summed E-state index contributed by atoms with van der Waals surface area (Å²) in [4.78, 5) is 35.0. The van der Waals surface area contributed by atoms with Crippen LogP contribution in [0.3, 0.4) is 0 Å². The Morgan fingerprint density at radius 1 is 1.29 bits per heavy atom. The van der Waals surface area contributed by atoms with Crippen LogP contribution in [-0.2, 0) is 27.8 Å². The number of H-pyrrole nitrogens is 1. The van der Waals surface area contributed by atoms with Crippen molar-refractivity contribution >= 4 is 15.9 Å². The molecule has 9 heteroatoms. The molecule has 0 bridgehead atoms. The Kier molecular flexibility index (Phi) is 5.07. The molecule has 1 N–H and O–H groups in total. The number of likely N-dealkylation sites (tertiary alicyclic amines) is 1. The summed E-state index contributed by atoms with van der Waals surface area (Å²) in [6.45, 7) is 4.82. The fourth-order valence-corrected chi connectivity index (χ4v) is 5.43. The van der Waals surface area contributed by atoms with Crippen molar-refractivity contribution in [3.63, 3.8) is 0 Å². The van der Waals surface area contributed by atoms with Crippen LogP contribution in [0.1, 0.15) is 62.7 Å². The van der Waals surface area contributed by atoms with Crippen LogP contribution in [0.2, 0.25) is 0 Å². The number of aromatic amines is 1. The van der Waals surface area contributed by atoms with E-state index in [1.165, 1.54) is 4.31 Å². The molecule has 3 aliphatic rings. The molecule has 28 heavy (non-hydrogen) atoms. The van der Waals surface area contributed by atoms with Gasteiger partial charge in [0.05, 0.1) is 24.0 Å². The summed E-state index contributed by atoms with van der Waals surface area (Å²) in [6, 6.07) is -0.231. The number of carbonyl (C=O) groups is 1. The zero-order chi connectivity index (χ0) is 20.1. The van der Waals surface area contributed by atoms with E-state index in [0.717, 1.165) is 25.7 Å². The largest absolute Gasteiger partial charge is 0.332 e. The number of carbonyl (C=O) groups excluding carboxylic acids is 1. The first-order chi connectivity index (χ1) is 13.3. The van der Waals surface area contributed by atoms with Crippen LogP contribution < -0.4 is 5.56 Å². The maximum Gasteiger partial charge on any atom is 0.254 e. The van der Waals surface area contributed by atoms with Crippen LogP contribution in [-0.4, -0.2) is 52.3 Å². The fraction of sp³-hybridized carbons (Fsp3) is 0.737. The smallest absolute Gasteiger partial charge is 0.254 e. The third kappa shape index (κ3) is 3.50. The van der Waals surface area contributed by atoms with Crippen molar-refractivity contribution in [1.82, 2.24) is 19.2 Å². The van der Waals surface area contributed by atoms with Crippen molar-refractivity contribution < 1.29 is 13.2 Å². The number of nitrogens with one attached hydrogen (secondary N) is 1. The molecule has 154 valence electrons. The highest BCUT2D eigenvalue weighted by Crippen LogP contribution is 2.42. The van der Waals surface area contributed by atoms with Gasteiger partial charge in [0, 0.05) is 24.6 Å². The zero-order valence-electron chi connectivity index (χ0n) is 16.5. The predicted octanol–water partition coefficient (Wildman–Crippen LogP) is 1.19. The molecule has 1 aromatic rings. The van der Waals surface area contributed by atoms with Crippen LogP contribution in [0, 0.1) is 11.8 Å². The van der Waals surface area contributed by atoms with Gasteiger partial charge in [-0.1, -0.05) is 6.92 Å². The minimum absolute atomic E-state index is 0.0306. The average molecular weight is 409 g/mol. The first-order valence-electron chi connectivity index (χ1n) is 10.2. The summed E-state index contributed by atoms with van der Waals surface area (Å²) in [5.74, 6) is 1.21. The quantitative estimate of drug-likeness (QED) is 0.806. The fourth-order valence-electron chi connectivity index (χ4n) is 4.37. The first kappa shape index (κ1) is 19.6. The number of sulfonamides is 1. The third-order valence-corrected chi connectivity index (χ3v) is 8.17. The first-order valence-corrected chi connectivity index (χ1v) is 11.8. The lowest BCUT2D eigenvalue weighted by Crippen LogP contribution is -2.43. The van der Waals surface area contributed by atoms with Crippen LogP contribution in [0.15, 0.2) is 4.79 Å². The molecule has 8 nitrogen and oxygen atoms in total. The molecular formula is C19H28N4O4S. The topological polar surface area (TPSA) is 103 Å². The maximum absolute atomic E-state index is 12.9. The molecule has 4 rings (SSSR count). The minimum Gasteiger partial charge on any atom is -0.332 e. The summed E-state index contributed by atoms with van der Waals surface area (Å²) < 4.78 is 25.9. The molecule has 0 radical (unpaired) electrons. The van der Waals surface area contributed by atoms with E-state index in [2.05, 4.69) is 16.9 Å². The van der Waals surface area contributed by atoms with Gasteiger partial charge in [-0.25, -0.2) is 13.4 Å². The van der Waals surface area contributed by atoms with Gasteiger partial charge in [0.1, 0.15) is 5.82 Å². The number of nitrogens with zero attached hydrogens (tertiary/aromatic N) is 3. The van der Waals surface area contributed by atoms with E-state index in [9.17, 15) is 18.0 Å². The van der Waals surface area contributed by atoms with Crippen LogP contribution in [0.25, 0.3) is 0 Å². The summed E-state index contributed by atoms with van der Waals surface area (Å²) in [5.41, 5.74) is 0.891. The van der Waals surface area contributed by atoms with Gasteiger partial charge in [0.2, 0.25) is 15.9 Å². The molecule has 1 aromatic heterocycles. The molecule has 3 atom stereocenters. The second-order valence-electron chi connectivity index (χ2n) is 8.22. The monoisotopic (exact) mass is 408 g/mol. The lowest BCUT2D eigenvalue weighted by atomic mass is 9.99. The van der Waals surface area contributed by atoms with E-state index in [1.807, 2.05) is 4.90 Å². The Labute approximate surface area is 165 Å². The SMILES string of the molecule is CCS(=O)(=O)N1CCc2c(nc([C@@H]3CCCCN3C(=O)[C@H]3C[C@@H]3C)[nH]c2=O)C1. The maximum atomic E-state index is 12.9. The van der Waals surface area contributed by atoms with Crippen molar-refractivity contribution in [3.05, 3.63) is 27.4 Å². The van der Waals surface area contributed by atoms with Crippen molar-refractivity contribution in [3.8, 4) is 0 Å². The van der Waals surface area contributed by atoms with E-state index < -0.39 is 10.0 Å². The number of hydrogen-bond donors (Lipinski definition) is 1. The number of fused-ring (bicyclic) bond motifs is 1. The molecule has 2 fully saturated rings. The van der Waals surface area contributed by atoms with Crippen LogP contribution in [0.4, 0.5) is 0 Å². The van der Waals surface area contributed by atoms with Crippen molar-refractivity contribution in [2.45, 2.75) is 58.5 Å². The standard InChI is InChI=1S/C19H28N4O4S/c1-3-28(26,27)22-9-7-13-15(11-22)20-17(21-18(13)24)16-6-4-5-8-23(16)19(25)14-10-12(14)2/h12,14,16H,3-11H2,1-2H3,(H,20,21,24)/t12-,14-,16-/m0/s1. The Hall–Kier alpha value is -1.74. The summed E-state index contributed by atoms with van der Waals surface area (Å²) in [5, 5.41) is 0. The summed E-state index contributed by atoms with van der Waals surface area (Å²) in [6.07, 6.45) is 4.00. The van der Waals surface area contributed by atoms with Gasteiger partial charge in [0.15, 0.2) is 0 Å². The molecule has 3 heterocycles. The van der Waals surface area contributed by atoms with Crippen LogP contribution >= 0.6 is 0 Å². The lowest BCUT2D eigenvalue weighted by molar-refractivity contribution is -0.137. The van der Waals surface area contributed by atoms with Crippen molar-refractivity contribution in [1.29, 1.82) is 0 Å². The third-order valence-electron chi connectivity index (χ3n) is 6.34. The number of amides is 1. The molecular weight excluding hydrogens is 380 g/mol. The zero-order valence-corrected chi connectivity index (χ0v) is 17.3. The van der Waals surface area contributed by atoms with E-state index >= 15 is 0 Å². The molecule has 0 spiro atoms. The van der Waals surface area contributed by atoms with E-state index in [-0.39, 0.29) is 35.7 Å². The summed E-state index contributed by atoms with van der Waals surface area (Å²) >= 11 is 0.